The van der Waals surface area contributed by atoms with E-state index in [0.29, 0.717) is 37.4 Å². The van der Waals surface area contributed by atoms with Gasteiger partial charge in [-0.2, -0.15) is 0 Å². The molecule has 0 radical (unpaired) electrons. The third-order valence-electron chi connectivity index (χ3n) is 5.83. The van der Waals surface area contributed by atoms with Gasteiger partial charge in [-0.3, -0.25) is 14.6 Å². The normalized spacial score (nSPS) is 26.8. The summed E-state index contributed by atoms with van der Waals surface area (Å²) >= 11 is 0. The summed E-state index contributed by atoms with van der Waals surface area (Å²) < 4.78 is 6.09. The molecule has 2 aliphatic rings. The Morgan fingerprint density at radius 1 is 1.18 bits per heavy atom. The molecule has 1 amide bonds. The summed E-state index contributed by atoms with van der Waals surface area (Å²) in [6, 6.07) is 8.39. The molecule has 1 saturated heterocycles. The Kier molecular flexibility index (Phi) is 4.93. The molecule has 4 rings (SSSR count). The predicted octanol–water partition coefficient (Wildman–Crippen LogP) is 1.68. The molecule has 28 heavy (non-hydrogen) atoms. The van der Waals surface area contributed by atoms with Gasteiger partial charge in [0, 0.05) is 24.8 Å². The number of aromatic nitrogens is 2. The van der Waals surface area contributed by atoms with E-state index in [1.807, 2.05) is 26.0 Å². The smallest absolute Gasteiger partial charge is 0.270 e. The predicted molar refractivity (Wildman–Crippen MR) is 103 cm³/mol. The number of likely N-dealkylation sites (tertiary alicyclic amines) is 1. The van der Waals surface area contributed by atoms with E-state index in [1.54, 1.807) is 17.0 Å². The van der Waals surface area contributed by atoms with E-state index in [9.17, 15) is 14.7 Å². The zero-order valence-electron chi connectivity index (χ0n) is 16.1. The van der Waals surface area contributed by atoms with Crippen LogP contribution >= 0.6 is 0 Å². The van der Waals surface area contributed by atoms with Crippen LogP contribution in [-0.2, 0) is 0 Å². The number of nitrogens with one attached hydrogen (secondary N) is 1. The van der Waals surface area contributed by atoms with E-state index < -0.39 is 6.10 Å². The first-order chi connectivity index (χ1) is 13.4. The van der Waals surface area contributed by atoms with Crippen molar-refractivity contribution >= 4 is 5.91 Å². The largest absolute Gasteiger partial charge is 0.486 e. The Hall–Kier alpha value is -2.67. The third-order valence-corrected chi connectivity index (χ3v) is 5.83. The Morgan fingerprint density at radius 2 is 1.93 bits per heavy atom. The Labute approximate surface area is 163 Å². The molecule has 148 valence electrons. The number of aliphatic hydroxyl groups is 1. The molecule has 7 heteroatoms. The van der Waals surface area contributed by atoms with Crippen molar-refractivity contribution in [3.05, 3.63) is 57.8 Å². The number of carbonyl (C=O) groups excluding carboxylic acids is 1. The lowest BCUT2D eigenvalue weighted by molar-refractivity contribution is -0.0236. The van der Waals surface area contributed by atoms with E-state index in [2.05, 4.69) is 9.97 Å². The maximum Gasteiger partial charge on any atom is 0.270 e. The second kappa shape index (κ2) is 7.39. The first-order valence-corrected chi connectivity index (χ1v) is 9.68. The molecule has 2 N–H and O–H groups in total. The van der Waals surface area contributed by atoms with E-state index in [4.69, 9.17) is 4.74 Å². The average Bonchev–Trinajstić information content (AvgIpc) is 3.06. The first-order valence-electron chi connectivity index (χ1n) is 9.68. The van der Waals surface area contributed by atoms with Crippen molar-refractivity contribution in [1.29, 1.82) is 0 Å². The lowest BCUT2D eigenvalue weighted by Crippen LogP contribution is -2.42. The van der Waals surface area contributed by atoms with Crippen LogP contribution in [0.15, 0.2) is 35.1 Å². The zero-order chi connectivity index (χ0) is 19.8. The van der Waals surface area contributed by atoms with Crippen molar-refractivity contribution in [2.24, 2.45) is 11.8 Å². The van der Waals surface area contributed by atoms with Crippen LogP contribution in [0, 0.1) is 25.7 Å². The van der Waals surface area contributed by atoms with Crippen LogP contribution in [0.25, 0.3) is 0 Å². The summed E-state index contributed by atoms with van der Waals surface area (Å²) in [6.07, 6.45) is 0.404. The fourth-order valence-corrected chi connectivity index (χ4v) is 4.39. The molecule has 1 saturated carbocycles. The maximum atomic E-state index is 12.7. The molecular formula is C21H25N3O4. The van der Waals surface area contributed by atoms with Crippen LogP contribution in [0.4, 0.5) is 0 Å². The van der Waals surface area contributed by atoms with Crippen molar-refractivity contribution in [1.82, 2.24) is 14.9 Å². The van der Waals surface area contributed by atoms with E-state index in [1.165, 1.54) is 6.07 Å². The van der Waals surface area contributed by atoms with Gasteiger partial charge < -0.3 is 19.7 Å². The Bertz CT molecular complexity index is 941. The number of nitrogens with zero attached hydrogens (tertiary/aromatic N) is 2. The van der Waals surface area contributed by atoms with Crippen LogP contribution in [0.3, 0.4) is 0 Å². The number of rotatable bonds is 3. The molecule has 4 atom stereocenters. The van der Waals surface area contributed by atoms with E-state index in [0.717, 1.165) is 11.4 Å². The van der Waals surface area contributed by atoms with Crippen molar-refractivity contribution < 1.29 is 14.6 Å². The zero-order valence-corrected chi connectivity index (χ0v) is 16.1. The minimum Gasteiger partial charge on any atom is -0.486 e. The second-order valence-corrected chi connectivity index (χ2v) is 7.89. The van der Waals surface area contributed by atoms with Crippen molar-refractivity contribution in [3.8, 4) is 5.75 Å². The number of H-pyrrole nitrogens is 1. The third kappa shape index (κ3) is 3.67. The molecule has 1 aliphatic heterocycles. The summed E-state index contributed by atoms with van der Waals surface area (Å²) in [7, 11) is 0. The van der Waals surface area contributed by atoms with Crippen LogP contribution in [0.2, 0.25) is 0 Å². The summed E-state index contributed by atoms with van der Waals surface area (Å²) in [6.45, 7) is 5.03. The van der Waals surface area contributed by atoms with Crippen LogP contribution in [-0.4, -0.2) is 51.2 Å². The number of aromatic amines is 1. The monoisotopic (exact) mass is 383 g/mol. The lowest BCUT2D eigenvalue weighted by atomic mass is 9.78. The van der Waals surface area contributed by atoms with Gasteiger partial charge in [-0.15, -0.1) is 0 Å². The summed E-state index contributed by atoms with van der Waals surface area (Å²) in [4.78, 5) is 33.0. The second-order valence-electron chi connectivity index (χ2n) is 7.89. The molecule has 2 aromatic heterocycles. The fourth-order valence-electron chi connectivity index (χ4n) is 4.39. The highest BCUT2D eigenvalue weighted by atomic mass is 16.5. The standard InChI is InChI=1S/C21H25N3O4/c1-12-6-7-18(13(2)22-12)28-19-9-15-11-24(10-14(15)8-17(19)25)21(27)16-4-3-5-20(26)23-16/h3-7,14-15,17,19,25H,8-11H2,1-2H3,(H,23,26)/t14-,15+,17+,19+/m0/s1. The number of carbonyl (C=O) groups is 1. The molecule has 0 spiro atoms. The van der Waals surface area contributed by atoms with Crippen molar-refractivity contribution in [3.63, 3.8) is 0 Å². The maximum absolute atomic E-state index is 12.7. The molecule has 1 aliphatic carbocycles. The molecule has 0 aromatic carbocycles. The number of pyridine rings is 2. The van der Waals surface area contributed by atoms with E-state index in [-0.39, 0.29) is 29.4 Å². The number of amides is 1. The number of aryl methyl sites for hydroxylation is 2. The van der Waals surface area contributed by atoms with Gasteiger partial charge in [-0.05, 0) is 56.7 Å². The number of fused-ring (bicyclic) bond motifs is 1. The van der Waals surface area contributed by atoms with Gasteiger partial charge >= 0.3 is 0 Å². The highest BCUT2D eigenvalue weighted by molar-refractivity contribution is 5.92. The van der Waals surface area contributed by atoms with Crippen molar-refractivity contribution in [2.75, 3.05) is 13.1 Å². The molecule has 3 heterocycles. The fraction of sp³-hybridized carbons (Fsp3) is 0.476. The van der Waals surface area contributed by atoms with Gasteiger partial charge in [0.1, 0.15) is 17.5 Å². The first kappa shape index (κ1) is 18.7. The minimum atomic E-state index is -0.575. The van der Waals surface area contributed by atoms with Crippen LogP contribution in [0.5, 0.6) is 5.75 Å². The quantitative estimate of drug-likeness (QED) is 0.841. The van der Waals surface area contributed by atoms with Gasteiger partial charge in [0.05, 0.1) is 11.8 Å². The summed E-state index contributed by atoms with van der Waals surface area (Å²) in [5.74, 6) is 1.04. The van der Waals surface area contributed by atoms with Gasteiger partial charge in [0.25, 0.3) is 5.91 Å². The molecule has 2 fully saturated rings. The SMILES string of the molecule is Cc1ccc(O[C@@H]2C[C@@H]3CN(C(=O)c4cccc(=O)[nH]4)C[C@@H]3C[C@H]2O)c(C)n1. The topological polar surface area (TPSA) is 95.5 Å². The summed E-state index contributed by atoms with van der Waals surface area (Å²) in [5.41, 5.74) is 1.76. The van der Waals surface area contributed by atoms with Gasteiger partial charge in [-0.1, -0.05) is 6.07 Å². The van der Waals surface area contributed by atoms with Gasteiger partial charge in [-0.25, -0.2) is 0 Å². The Morgan fingerprint density at radius 3 is 2.64 bits per heavy atom. The molecule has 7 nitrogen and oxygen atoms in total. The molecular weight excluding hydrogens is 358 g/mol. The van der Waals surface area contributed by atoms with E-state index >= 15 is 0 Å². The van der Waals surface area contributed by atoms with Crippen LogP contribution < -0.4 is 10.3 Å². The number of hydrogen-bond acceptors (Lipinski definition) is 5. The van der Waals surface area contributed by atoms with Gasteiger partial charge in [0.2, 0.25) is 5.56 Å². The number of hydrogen-bond donors (Lipinski definition) is 2. The molecule has 0 bridgehead atoms. The average molecular weight is 383 g/mol. The lowest BCUT2D eigenvalue weighted by Gasteiger charge is -2.35. The summed E-state index contributed by atoms with van der Waals surface area (Å²) in [5, 5.41) is 10.6. The van der Waals surface area contributed by atoms with Crippen LogP contribution in [0.1, 0.15) is 34.7 Å². The highest BCUT2D eigenvalue weighted by Gasteiger charge is 2.44. The van der Waals surface area contributed by atoms with Crippen molar-refractivity contribution in [2.45, 2.75) is 38.9 Å². The molecule has 2 aromatic rings. The highest BCUT2D eigenvalue weighted by Crippen LogP contribution is 2.38. The minimum absolute atomic E-state index is 0.169. The molecule has 0 unspecified atom stereocenters. The number of aliphatic hydroxyl groups excluding tert-OH is 1. The Balaban J connectivity index is 1.45. The number of ether oxygens (including phenoxy) is 1. The van der Waals surface area contributed by atoms with Gasteiger partial charge in [0.15, 0.2) is 0 Å².